The third-order valence-corrected chi connectivity index (χ3v) is 2.98. The minimum Gasteiger partial charge on any atom is -0.441 e. The Kier molecular flexibility index (Phi) is 5.05. The molecule has 2 rings (SSSR count). The van der Waals surface area contributed by atoms with Crippen LogP contribution in [0.4, 0.5) is 5.69 Å². The molecule has 2 aromatic rings. The van der Waals surface area contributed by atoms with Crippen LogP contribution in [0.1, 0.15) is 19.7 Å². The molecule has 0 aliphatic carbocycles. The van der Waals surface area contributed by atoms with Crippen molar-refractivity contribution in [1.82, 2.24) is 10.3 Å². The Bertz CT molecular complexity index is 590. The van der Waals surface area contributed by atoms with Gasteiger partial charge in [-0.3, -0.25) is 10.1 Å². The van der Waals surface area contributed by atoms with Crippen molar-refractivity contribution in [2.24, 2.45) is 5.92 Å². The van der Waals surface area contributed by atoms with Crippen LogP contribution in [0.2, 0.25) is 0 Å². The first-order valence-electron chi connectivity index (χ1n) is 6.96. The smallest absolute Gasteiger partial charge is 0.269 e. The Hall–Kier alpha value is -2.21. The summed E-state index contributed by atoms with van der Waals surface area (Å²) in [5.74, 6) is 1.91. The molecule has 1 N–H and O–H groups in total. The van der Waals surface area contributed by atoms with Crippen LogP contribution in [0, 0.1) is 16.0 Å². The van der Waals surface area contributed by atoms with Crippen molar-refractivity contribution in [2.75, 3.05) is 13.1 Å². The molecule has 0 aliphatic heterocycles. The number of rotatable bonds is 7. The maximum Gasteiger partial charge on any atom is 0.269 e. The highest BCUT2D eigenvalue weighted by Crippen LogP contribution is 2.23. The van der Waals surface area contributed by atoms with Gasteiger partial charge in [0.2, 0.25) is 0 Å². The molecular weight excluding hydrogens is 270 g/mol. The molecule has 0 aliphatic rings. The van der Waals surface area contributed by atoms with Crippen LogP contribution in [-0.2, 0) is 6.42 Å². The van der Waals surface area contributed by atoms with Crippen molar-refractivity contribution in [1.29, 1.82) is 0 Å². The van der Waals surface area contributed by atoms with Gasteiger partial charge in [0, 0.05) is 30.7 Å². The van der Waals surface area contributed by atoms with Gasteiger partial charge in [0.1, 0.15) is 0 Å². The summed E-state index contributed by atoms with van der Waals surface area (Å²) in [5, 5.41) is 13.9. The molecule has 1 heterocycles. The van der Waals surface area contributed by atoms with Crippen LogP contribution in [0.5, 0.6) is 0 Å². The summed E-state index contributed by atoms with van der Waals surface area (Å²) in [6.07, 6.45) is 2.37. The molecule has 0 unspecified atom stereocenters. The fourth-order valence-electron chi connectivity index (χ4n) is 1.89. The van der Waals surface area contributed by atoms with Gasteiger partial charge in [-0.2, -0.15) is 0 Å². The van der Waals surface area contributed by atoms with Gasteiger partial charge in [0.05, 0.1) is 11.1 Å². The number of benzene rings is 1. The summed E-state index contributed by atoms with van der Waals surface area (Å²) in [6, 6.07) is 6.25. The normalized spacial score (nSPS) is 11.0. The summed E-state index contributed by atoms with van der Waals surface area (Å²) < 4.78 is 5.66. The van der Waals surface area contributed by atoms with E-state index in [1.807, 2.05) is 0 Å². The topological polar surface area (TPSA) is 81.2 Å². The first-order chi connectivity index (χ1) is 10.1. The SMILES string of the molecule is CC(C)CNCCc1ncc(-c2ccc([N+](=O)[O-])cc2)o1. The number of non-ortho nitro benzene ring substituents is 1. The van der Waals surface area contributed by atoms with E-state index >= 15 is 0 Å². The van der Waals surface area contributed by atoms with Crippen molar-refractivity contribution >= 4 is 5.69 Å². The van der Waals surface area contributed by atoms with Crippen molar-refractivity contribution < 1.29 is 9.34 Å². The Labute approximate surface area is 123 Å². The second-order valence-electron chi connectivity index (χ2n) is 5.27. The van der Waals surface area contributed by atoms with E-state index in [1.54, 1.807) is 18.3 Å². The van der Waals surface area contributed by atoms with Gasteiger partial charge < -0.3 is 9.73 Å². The molecule has 112 valence electrons. The summed E-state index contributed by atoms with van der Waals surface area (Å²) in [5.41, 5.74) is 0.853. The molecule has 6 nitrogen and oxygen atoms in total. The van der Waals surface area contributed by atoms with Crippen LogP contribution < -0.4 is 5.32 Å². The largest absolute Gasteiger partial charge is 0.441 e. The zero-order chi connectivity index (χ0) is 15.2. The molecule has 0 bridgehead atoms. The zero-order valence-electron chi connectivity index (χ0n) is 12.2. The lowest BCUT2D eigenvalue weighted by molar-refractivity contribution is -0.384. The van der Waals surface area contributed by atoms with E-state index in [0.29, 0.717) is 17.6 Å². The Morgan fingerprint density at radius 1 is 1.33 bits per heavy atom. The molecule has 21 heavy (non-hydrogen) atoms. The third kappa shape index (κ3) is 4.39. The second kappa shape index (κ2) is 6.99. The van der Waals surface area contributed by atoms with E-state index in [4.69, 9.17) is 4.42 Å². The molecular formula is C15H19N3O3. The zero-order valence-corrected chi connectivity index (χ0v) is 12.2. The van der Waals surface area contributed by atoms with E-state index in [1.165, 1.54) is 12.1 Å². The van der Waals surface area contributed by atoms with Crippen molar-refractivity contribution in [3.63, 3.8) is 0 Å². The minimum atomic E-state index is -0.421. The molecule has 0 spiro atoms. The Balaban J connectivity index is 1.94. The summed E-state index contributed by atoms with van der Waals surface area (Å²) in [6.45, 7) is 6.10. The van der Waals surface area contributed by atoms with Crippen LogP contribution in [0.15, 0.2) is 34.9 Å². The number of hydrogen-bond donors (Lipinski definition) is 1. The van der Waals surface area contributed by atoms with Crippen LogP contribution in [0.3, 0.4) is 0 Å². The first-order valence-corrected chi connectivity index (χ1v) is 6.96. The summed E-state index contributed by atoms with van der Waals surface area (Å²) in [7, 11) is 0. The average molecular weight is 289 g/mol. The van der Waals surface area contributed by atoms with Gasteiger partial charge >= 0.3 is 0 Å². The lowest BCUT2D eigenvalue weighted by Crippen LogP contribution is -2.22. The van der Waals surface area contributed by atoms with Crippen molar-refractivity contribution in [2.45, 2.75) is 20.3 Å². The maximum atomic E-state index is 10.6. The van der Waals surface area contributed by atoms with Gasteiger partial charge in [0.15, 0.2) is 11.7 Å². The standard InChI is InChI=1S/C15H19N3O3/c1-11(2)9-16-8-7-15-17-10-14(21-15)12-3-5-13(6-4-12)18(19)20/h3-6,10-11,16H,7-9H2,1-2H3. The Morgan fingerprint density at radius 2 is 2.05 bits per heavy atom. The minimum absolute atomic E-state index is 0.0661. The van der Waals surface area contributed by atoms with E-state index in [2.05, 4.69) is 24.1 Å². The average Bonchev–Trinajstić information content (AvgIpc) is 2.92. The van der Waals surface area contributed by atoms with Crippen LogP contribution in [0.25, 0.3) is 11.3 Å². The van der Waals surface area contributed by atoms with Gasteiger partial charge in [-0.05, 0) is 24.6 Å². The number of hydrogen-bond acceptors (Lipinski definition) is 5. The number of nitrogens with one attached hydrogen (secondary N) is 1. The summed E-state index contributed by atoms with van der Waals surface area (Å²) >= 11 is 0. The quantitative estimate of drug-likeness (QED) is 0.481. The third-order valence-electron chi connectivity index (χ3n) is 2.98. The van der Waals surface area contributed by atoms with E-state index in [0.717, 1.165) is 25.1 Å². The van der Waals surface area contributed by atoms with E-state index < -0.39 is 4.92 Å². The predicted molar refractivity (Wildman–Crippen MR) is 80.0 cm³/mol. The molecule has 0 fully saturated rings. The van der Waals surface area contributed by atoms with Gasteiger partial charge in [0.25, 0.3) is 5.69 Å². The molecule has 0 radical (unpaired) electrons. The van der Waals surface area contributed by atoms with Crippen LogP contribution in [-0.4, -0.2) is 23.0 Å². The number of aromatic nitrogens is 1. The predicted octanol–water partition coefficient (Wildman–Crippen LogP) is 3.04. The fourth-order valence-corrected chi connectivity index (χ4v) is 1.89. The van der Waals surface area contributed by atoms with Crippen LogP contribution >= 0.6 is 0 Å². The number of nitro benzene ring substituents is 1. The number of oxazole rings is 1. The second-order valence-corrected chi connectivity index (χ2v) is 5.27. The highest BCUT2D eigenvalue weighted by atomic mass is 16.6. The van der Waals surface area contributed by atoms with Crippen molar-refractivity contribution in [3.05, 3.63) is 46.5 Å². The molecule has 1 aromatic heterocycles. The van der Waals surface area contributed by atoms with E-state index in [9.17, 15) is 10.1 Å². The molecule has 6 heteroatoms. The Morgan fingerprint density at radius 3 is 2.67 bits per heavy atom. The highest BCUT2D eigenvalue weighted by Gasteiger charge is 2.09. The van der Waals surface area contributed by atoms with E-state index in [-0.39, 0.29) is 5.69 Å². The molecule has 1 aromatic carbocycles. The lowest BCUT2D eigenvalue weighted by atomic mass is 10.2. The highest BCUT2D eigenvalue weighted by molar-refractivity contribution is 5.58. The lowest BCUT2D eigenvalue weighted by Gasteiger charge is -2.05. The first kappa shape index (κ1) is 15.2. The summed E-state index contributed by atoms with van der Waals surface area (Å²) in [4.78, 5) is 14.4. The number of nitro groups is 1. The molecule has 0 saturated carbocycles. The molecule has 0 atom stereocenters. The fraction of sp³-hybridized carbons (Fsp3) is 0.400. The number of nitrogens with zero attached hydrogens (tertiary/aromatic N) is 2. The van der Waals surface area contributed by atoms with Crippen molar-refractivity contribution in [3.8, 4) is 11.3 Å². The monoisotopic (exact) mass is 289 g/mol. The van der Waals surface area contributed by atoms with Gasteiger partial charge in [-0.15, -0.1) is 0 Å². The maximum absolute atomic E-state index is 10.6. The molecule has 0 saturated heterocycles. The van der Waals surface area contributed by atoms with Gasteiger partial charge in [-0.1, -0.05) is 13.8 Å². The molecule has 0 amide bonds. The van der Waals surface area contributed by atoms with Gasteiger partial charge in [-0.25, -0.2) is 4.98 Å².